The molecule has 0 saturated heterocycles. The highest BCUT2D eigenvalue weighted by atomic mass is 15.2. The van der Waals surface area contributed by atoms with Crippen LogP contribution in [0.2, 0.25) is 0 Å². The fraction of sp³-hybridized carbons (Fsp3) is 0.200. The van der Waals surface area contributed by atoms with E-state index in [1.807, 2.05) is 13.8 Å². The number of anilines is 1. The molecule has 4 N–H and O–H groups in total. The van der Waals surface area contributed by atoms with Gasteiger partial charge in [-0.15, -0.1) is 0 Å². The van der Waals surface area contributed by atoms with Crippen molar-refractivity contribution in [2.24, 2.45) is 0 Å². The summed E-state index contributed by atoms with van der Waals surface area (Å²) in [6.45, 7) is 3.87. The first kappa shape index (κ1) is 9.76. The highest BCUT2D eigenvalue weighted by Gasteiger charge is 2.17. The Kier molecular flexibility index (Phi) is 1.88. The predicted octanol–water partition coefficient (Wildman–Crippen LogP) is 0.942. The van der Waals surface area contributed by atoms with Crippen LogP contribution in [-0.2, 0) is 0 Å². The Morgan fingerprint density at radius 2 is 1.94 bits per heavy atom. The van der Waals surface area contributed by atoms with Crippen LogP contribution in [0.5, 0.6) is 0 Å². The fourth-order valence-electron chi connectivity index (χ4n) is 1.98. The maximum atomic E-state index is 5.87. The Hall–Kier alpha value is -2.44. The number of hydrogen-bond donors (Lipinski definition) is 3. The minimum atomic E-state index is 0.416. The number of aryl methyl sites for hydroxylation is 2. The van der Waals surface area contributed by atoms with Gasteiger partial charge in [-0.3, -0.25) is 10.2 Å². The summed E-state index contributed by atoms with van der Waals surface area (Å²) in [5.41, 5.74) is 10.0. The Morgan fingerprint density at radius 1 is 1.12 bits per heavy atom. The van der Waals surface area contributed by atoms with Crippen LogP contribution in [0.1, 0.15) is 11.4 Å². The number of H-pyrrole nitrogens is 2. The largest absolute Gasteiger partial charge is 0.383 e. The molecule has 0 radical (unpaired) electrons. The quantitative estimate of drug-likeness (QED) is 0.575. The summed E-state index contributed by atoms with van der Waals surface area (Å²) in [7, 11) is 0. The summed E-state index contributed by atoms with van der Waals surface area (Å²) >= 11 is 0. The molecule has 0 aliphatic heterocycles. The molecule has 3 aromatic rings. The van der Waals surface area contributed by atoms with Crippen LogP contribution in [0.4, 0.5) is 5.82 Å². The first-order valence-corrected chi connectivity index (χ1v) is 5.15. The minimum Gasteiger partial charge on any atom is -0.383 e. The van der Waals surface area contributed by atoms with Gasteiger partial charge in [0.2, 0.25) is 0 Å². The molecule has 3 rings (SSSR count). The normalized spacial score (nSPS) is 11.2. The van der Waals surface area contributed by atoms with Gasteiger partial charge in [0.05, 0.1) is 16.8 Å². The van der Waals surface area contributed by atoms with Crippen LogP contribution >= 0.6 is 0 Å². The van der Waals surface area contributed by atoms with E-state index in [9.17, 15) is 0 Å². The monoisotopic (exact) mass is 229 g/mol. The molecule has 0 fully saturated rings. The topological polar surface area (TPSA) is 109 Å². The number of nitrogens with zero attached hydrogens (tertiary/aromatic N) is 4. The summed E-state index contributed by atoms with van der Waals surface area (Å²) in [6.07, 6.45) is 1.40. The number of aromatic nitrogens is 6. The fourth-order valence-corrected chi connectivity index (χ4v) is 1.98. The summed E-state index contributed by atoms with van der Waals surface area (Å²) in [6, 6.07) is 0. The first-order valence-electron chi connectivity index (χ1n) is 5.15. The zero-order chi connectivity index (χ0) is 12.0. The standard InChI is InChI=1S/C10H11N7/c1-4-6(5(2)15-14-4)8-7-9(11)12-3-13-10(7)17-16-8/h3H,1-2H3,(H,14,15)(H3,11,12,13,16,17). The maximum absolute atomic E-state index is 5.87. The summed E-state index contributed by atoms with van der Waals surface area (Å²) in [5.74, 6) is 0.416. The molecule has 0 unspecified atom stereocenters. The van der Waals surface area contributed by atoms with Crippen molar-refractivity contribution in [1.29, 1.82) is 0 Å². The van der Waals surface area contributed by atoms with Crippen LogP contribution in [0.3, 0.4) is 0 Å². The third-order valence-electron chi connectivity index (χ3n) is 2.76. The summed E-state index contributed by atoms with van der Waals surface area (Å²) in [4.78, 5) is 8.05. The van der Waals surface area contributed by atoms with Crippen LogP contribution < -0.4 is 5.73 Å². The van der Waals surface area contributed by atoms with Gasteiger partial charge < -0.3 is 5.73 Å². The van der Waals surface area contributed by atoms with Crippen LogP contribution in [-0.4, -0.2) is 30.4 Å². The molecule has 3 heterocycles. The van der Waals surface area contributed by atoms with Gasteiger partial charge in [0.15, 0.2) is 5.65 Å². The van der Waals surface area contributed by atoms with E-state index in [1.165, 1.54) is 6.33 Å². The SMILES string of the molecule is Cc1n[nH]c(C)c1-c1[nH]nc2ncnc(N)c12. The van der Waals surface area contributed by atoms with E-state index < -0.39 is 0 Å². The lowest BCUT2D eigenvalue weighted by atomic mass is 10.1. The molecule has 0 spiro atoms. The number of hydrogen-bond acceptors (Lipinski definition) is 5. The van der Waals surface area contributed by atoms with Crippen molar-refractivity contribution in [3.8, 4) is 11.3 Å². The molecule has 3 aromatic heterocycles. The summed E-state index contributed by atoms with van der Waals surface area (Å²) < 4.78 is 0. The first-order chi connectivity index (χ1) is 8.18. The summed E-state index contributed by atoms with van der Waals surface area (Å²) in [5, 5.41) is 14.9. The van der Waals surface area contributed by atoms with E-state index in [0.29, 0.717) is 11.5 Å². The van der Waals surface area contributed by atoms with Crippen molar-refractivity contribution in [3.63, 3.8) is 0 Å². The number of nitrogens with two attached hydrogens (primary N) is 1. The van der Waals surface area contributed by atoms with Crippen molar-refractivity contribution in [3.05, 3.63) is 17.7 Å². The van der Waals surface area contributed by atoms with E-state index in [1.54, 1.807) is 0 Å². The lowest BCUT2D eigenvalue weighted by molar-refractivity contribution is 1.02. The van der Waals surface area contributed by atoms with Gasteiger partial charge in [-0.1, -0.05) is 0 Å². The molecule has 17 heavy (non-hydrogen) atoms. The molecule has 0 atom stereocenters. The van der Waals surface area contributed by atoms with E-state index in [-0.39, 0.29) is 0 Å². The molecule has 0 aliphatic carbocycles. The minimum absolute atomic E-state index is 0.416. The van der Waals surface area contributed by atoms with Crippen molar-refractivity contribution in [2.75, 3.05) is 5.73 Å². The molecule has 0 aliphatic rings. The van der Waals surface area contributed by atoms with E-state index >= 15 is 0 Å². The Labute approximate surface area is 96.5 Å². The second kappa shape index (κ2) is 3.27. The molecular formula is C10H11N7. The Morgan fingerprint density at radius 3 is 2.65 bits per heavy atom. The molecule has 7 heteroatoms. The second-order valence-electron chi connectivity index (χ2n) is 3.87. The van der Waals surface area contributed by atoms with Crippen molar-refractivity contribution in [1.82, 2.24) is 30.4 Å². The Balaban J connectivity index is 2.39. The highest BCUT2D eigenvalue weighted by molar-refractivity contribution is 5.98. The third-order valence-corrected chi connectivity index (χ3v) is 2.76. The number of nitrogen functional groups attached to an aromatic ring is 1. The second-order valence-corrected chi connectivity index (χ2v) is 3.87. The third kappa shape index (κ3) is 1.28. The zero-order valence-corrected chi connectivity index (χ0v) is 9.44. The molecule has 0 aromatic carbocycles. The van der Waals surface area contributed by atoms with Crippen LogP contribution in [0.25, 0.3) is 22.3 Å². The van der Waals surface area contributed by atoms with Gasteiger partial charge in [-0.2, -0.15) is 10.2 Å². The molecule has 0 saturated carbocycles. The smallest absolute Gasteiger partial charge is 0.186 e. The number of rotatable bonds is 1. The molecule has 86 valence electrons. The van der Waals surface area contributed by atoms with Crippen LogP contribution in [0, 0.1) is 13.8 Å². The van der Waals surface area contributed by atoms with Gasteiger partial charge in [0.25, 0.3) is 0 Å². The van der Waals surface area contributed by atoms with Crippen LogP contribution in [0.15, 0.2) is 6.33 Å². The number of fused-ring (bicyclic) bond motifs is 1. The predicted molar refractivity (Wildman–Crippen MR) is 63.2 cm³/mol. The van der Waals surface area contributed by atoms with Gasteiger partial charge >= 0.3 is 0 Å². The van der Waals surface area contributed by atoms with Gasteiger partial charge in [-0.25, -0.2) is 9.97 Å². The van der Waals surface area contributed by atoms with Crippen molar-refractivity contribution >= 4 is 16.9 Å². The van der Waals surface area contributed by atoms with E-state index in [4.69, 9.17) is 5.73 Å². The molecule has 0 bridgehead atoms. The van der Waals surface area contributed by atoms with E-state index in [0.717, 1.165) is 28.0 Å². The highest BCUT2D eigenvalue weighted by Crippen LogP contribution is 2.31. The lowest BCUT2D eigenvalue weighted by Crippen LogP contribution is -1.93. The Bertz CT molecular complexity index is 674. The average molecular weight is 229 g/mol. The van der Waals surface area contributed by atoms with Crippen molar-refractivity contribution < 1.29 is 0 Å². The molecule has 0 amide bonds. The van der Waals surface area contributed by atoms with Crippen molar-refractivity contribution in [2.45, 2.75) is 13.8 Å². The zero-order valence-electron chi connectivity index (χ0n) is 9.44. The van der Waals surface area contributed by atoms with E-state index in [2.05, 4.69) is 30.4 Å². The van der Waals surface area contributed by atoms with Gasteiger partial charge in [0, 0.05) is 11.3 Å². The maximum Gasteiger partial charge on any atom is 0.186 e. The molecular weight excluding hydrogens is 218 g/mol. The average Bonchev–Trinajstić information content (AvgIpc) is 2.84. The van der Waals surface area contributed by atoms with Gasteiger partial charge in [-0.05, 0) is 13.8 Å². The number of nitrogens with one attached hydrogen (secondary N) is 2. The lowest BCUT2D eigenvalue weighted by Gasteiger charge is -1.99. The number of aromatic amines is 2. The molecule has 7 nitrogen and oxygen atoms in total. The van der Waals surface area contributed by atoms with Gasteiger partial charge in [0.1, 0.15) is 12.1 Å².